The van der Waals surface area contributed by atoms with Crippen LogP contribution in [0.2, 0.25) is 0 Å². The van der Waals surface area contributed by atoms with Crippen LogP contribution in [0.4, 0.5) is 0 Å². The molecule has 0 spiro atoms. The quantitative estimate of drug-likeness (QED) is 0.720. The van der Waals surface area contributed by atoms with Crippen molar-refractivity contribution in [1.29, 1.82) is 0 Å². The summed E-state index contributed by atoms with van der Waals surface area (Å²) >= 11 is 0. The summed E-state index contributed by atoms with van der Waals surface area (Å²) in [4.78, 5) is 2.70. The zero-order valence-corrected chi connectivity index (χ0v) is 10.3. The molecule has 4 unspecified atom stereocenters. The number of likely N-dealkylation sites (tertiary alicyclic amines) is 1. The lowest BCUT2D eigenvalue weighted by atomic mass is 9.85. The minimum Gasteiger partial charge on any atom is -0.326 e. The molecule has 0 bridgehead atoms. The van der Waals surface area contributed by atoms with E-state index in [1.54, 1.807) is 0 Å². The Bertz CT molecular complexity index is 205. The molecule has 1 heterocycles. The standard InChI is InChI=1S/C13H26N2/c1-10-7-8-15(11(2)9-10)13-6-4-3-5-12(13)14/h10-13H,3-9,14H2,1-2H3. The first-order chi connectivity index (χ1) is 7.18. The molecule has 0 aromatic heterocycles. The van der Waals surface area contributed by atoms with Gasteiger partial charge in [-0.3, -0.25) is 4.90 Å². The summed E-state index contributed by atoms with van der Waals surface area (Å²) in [6.45, 7) is 6.05. The lowest BCUT2D eigenvalue weighted by Gasteiger charge is -2.45. The van der Waals surface area contributed by atoms with E-state index >= 15 is 0 Å². The van der Waals surface area contributed by atoms with E-state index in [-0.39, 0.29) is 0 Å². The molecule has 0 amide bonds. The van der Waals surface area contributed by atoms with Gasteiger partial charge in [-0.25, -0.2) is 0 Å². The van der Waals surface area contributed by atoms with Gasteiger partial charge in [0.15, 0.2) is 0 Å². The average Bonchev–Trinajstić information content (AvgIpc) is 2.20. The zero-order chi connectivity index (χ0) is 10.8. The van der Waals surface area contributed by atoms with Gasteiger partial charge in [-0.15, -0.1) is 0 Å². The molecule has 0 aromatic rings. The Kier molecular flexibility index (Phi) is 3.68. The number of hydrogen-bond acceptors (Lipinski definition) is 2. The second-order valence-electron chi connectivity index (χ2n) is 5.73. The summed E-state index contributed by atoms with van der Waals surface area (Å²) in [5.41, 5.74) is 6.27. The van der Waals surface area contributed by atoms with Crippen molar-refractivity contribution in [2.45, 2.75) is 70.5 Å². The van der Waals surface area contributed by atoms with Crippen molar-refractivity contribution in [3.05, 3.63) is 0 Å². The Hall–Kier alpha value is -0.0800. The van der Waals surface area contributed by atoms with Crippen molar-refractivity contribution in [2.75, 3.05) is 6.54 Å². The van der Waals surface area contributed by atoms with Crippen molar-refractivity contribution in [2.24, 2.45) is 11.7 Å². The summed E-state index contributed by atoms with van der Waals surface area (Å²) in [5, 5.41) is 0. The van der Waals surface area contributed by atoms with Gasteiger partial charge in [0, 0.05) is 18.1 Å². The van der Waals surface area contributed by atoms with Gasteiger partial charge in [0.05, 0.1) is 0 Å². The van der Waals surface area contributed by atoms with E-state index in [2.05, 4.69) is 18.7 Å². The third kappa shape index (κ3) is 2.54. The third-order valence-electron chi connectivity index (χ3n) is 4.40. The van der Waals surface area contributed by atoms with Crippen LogP contribution in [-0.2, 0) is 0 Å². The maximum absolute atomic E-state index is 6.27. The fraction of sp³-hybridized carbons (Fsp3) is 1.00. The largest absolute Gasteiger partial charge is 0.326 e. The fourth-order valence-electron chi connectivity index (χ4n) is 3.47. The van der Waals surface area contributed by atoms with Gasteiger partial charge < -0.3 is 5.73 Å². The molecule has 1 aliphatic carbocycles. The maximum atomic E-state index is 6.27. The van der Waals surface area contributed by atoms with E-state index in [1.807, 2.05) is 0 Å². The molecule has 2 fully saturated rings. The van der Waals surface area contributed by atoms with Crippen LogP contribution in [0.25, 0.3) is 0 Å². The molecule has 4 atom stereocenters. The van der Waals surface area contributed by atoms with Gasteiger partial charge in [-0.1, -0.05) is 19.8 Å². The van der Waals surface area contributed by atoms with E-state index in [0.29, 0.717) is 12.1 Å². The van der Waals surface area contributed by atoms with Gasteiger partial charge in [0.1, 0.15) is 0 Å². The lowest BCUT2D eigenvalue weighted by Crippen LogP contribution is -2.55. The van der Waals surface area contributed by atoms with Crippen LogP contribution in [0.1, 0.15) is 52.4 Å². The van der Waals surface area contributed by atoms with E-state index in [4.69, 9.17) is 5.73 Å². The minimum atomic E-state index is 0.439. The molecule has 2 rings (SSSR count). The molecule has 0 aromatic carbocycles. The molecule has 2 aliphatic rings. The second kappa shape index (κ2) is 4.84. The van der Waals surface area contributed by atoms with E-state index in [9.17, 15) is 0 Å². The summed E-state index contributed by atoms with van der Waals surface area (Å²) in [6.07, 6.45) is 8.04. The van der Waals surface area contributed by atoms with Gasteiger partial charge in [-0.2, -0.15) is 0 Å². The fourth-order valence-corrected chi connectivity index (χ4v) is 3.47. The summed E-state index contributed by atoms with van der Waals surface area (Å²) < 4.78 is 0. The highest BCUT2D eigenvalue weighted by Crippen LogP contribution is 2.29. The van der Waals surface area contributed by atoms with E-state index < -0.39 is 0 Å². The monoisotopic (exact) mass is 210 g/mol. The maximum Gasteiger partial charge on any atom is 0.0250 e. The van der Waals surface area contributed by atoms with Crippen molar-refractivity contribution >= 4 is 0 Å². The summed E-state index contributed by atoms with van der Waals surface area (Å²) in [7, 11) is 0. The molecule has 2 nitrogen and oxygen atoms in total. The first-order valence-electron chi connectivity index (χ1n) is 6.70. The van der Waals surface area contributed by atoms with E-state index in [0.717, 1.165) is 12.0 Å². The molecule has 2 heteroatoms. The number of piperidine rings is 1. The van der Waals surface area contributed by atoms with Crippen LogP contribution in [0, 0.1) is 5.92 Å². The Labute approximate surface area is 94.2 Å². The molecule has 88 valence electrons. The van der Waals surface area contributed by atoms with Crippen LogP contribution >= 0.6 is 0 Å². The molecule has 0 radical (unpaired) electrons. The molecule has 15 heavy (non-hydrogen) atoms. The molecule has 1 saturated heterocycles. The first kappa shape index (κ1) is 11.4. The highest BCUT2D eigenvalue weighted by Gasteiger charge is 2.33. The second-order valence-corrected chi connectivity index (χ2v) is 5.73. The molecular weight excluding hydrogens is 184 g/mol. The highest BCUT2D eigenvalue weighted by atomic mass is 15.2. The molecule has 1 saturated carbocycles. The van der Waals surface area contributed by atoms with Crippen LogP contribution in [0.3, 0.4) is 0 Å². The molecular formula is C13H26N2. The predicted molar refractivity (Wildman–Crippen MR) is 64.8 cm³/mol. The normalized spacial score (nSPS) is 44.2. The number of nitrogens with zero attached hydrogens (tertiary/aromatic N) is 1. The highest BCUT2D eigenvalue weighted by molar-refractivity contribution is 4.90. The first-order valence-corrected chi connectivity index (χ1v) is 6.70. The summed E-state index contributed by atoms with van der Waals surface area (Å²) in [5.74, 6) is 0.913. The molecule has 2 N–H and O–H groups in total. The SMILES string of the molecule is CC1CCN(C2CCCCC2N)C(C)C1. The van der Waals surface area contributed by atoms with Crippen LogP contribution < -0.4 is 5.73 Å². The Morgan fingerprint density at radius 2 is 1.80 bits per heavy atom. The Morgan fingerprint density at radius 1 is 1.07 bits per heavy atom. The predicted octanol–water partition coefficient (Wildman–Crippen LogP) is 2.38. The average molecular weight is 210 g/mol. The van der Waals surface area contributed by atoms with Crippen molar-refractivity contribution in [1.82, 2.24) is 4.90 Å². The number of hydrogen-bond donors (Lipinski definition) is 1. The van der Waals surface area contributed by atoms with Crippen LogP contribution in [0.15, 0.2) is 0 Å². The Morgan fingerprint density at radius 3 is 2.47 bits per heavy atom. The van der Waals surface area contributed by atoms with E-state index in [1.165, 1.54) is 45.1 Å². The zero-order valence-electron chi connectivity index (χ0n) is 10.3. The number of rotatable bonds is 1. The van der Waals surface area contributed by atoms with Crippen LogP contribution in [-0.4, -0.2) is 29.6 Å². The van der Waals surface area contributed by atoms with Crippen molar-refractivity contribution in [3.8, 4) is 0 Å². The minimum absolute atomic E-state index is 0.439. The molecule has 1 aliphatic heterocycles. The van der Waals surface area contributed by atoms with Crippen molar-refractivity contribution in [3.63, 3.8) is 0 Å². The van der Waals surface area contributed by atoms with Crippen LogP contribution in [0.5, 0.6) is 0 Å². The van der Waals surface area contributed by atoms with Gasteiger partial charge in [0.2, 0.25) is 0 Å². The third-order valence-corrected chi connectivity index (χ3v) is 4.40. The van der Waals surface area contributed by atoms with Gasteiger partial charge in [-0.05, 0) is 45.1 Å². The Balaban J connectivity index is 1.96. The lowest BCUT2D eigenvalue weighted by molar-refractivity contribution is 0.0522. The van der Waals surface area contributed by atoms with Gasteiger partial charge in [0.25, 0.3) is 0 Å². The van der Waals surface area contributed by atoms with Crippen molar-refractivity contribution < 1.29 is 0 Å². The summed E-state index contributed by atoms with van der Waals surface area (Å²) in [6, 6.07) is 1.87. The number of nitrogens with two attached hydrogens (primary N) is 1. The topological polar surface area (TPSA) is 29.3 Å². The smallest absolute Gasteiger partial charge is 0.0250 e. The van der Waals surface area contributed by atoms with Gasteiger partial charge >= 0.3 is 0 Å².